The summed E-state index contributed by atoms with van der Waals surface area (Å²) in [6.07, 6.45) is 1.54. The number of aryl methyl sites for hydroxylation is 1. The number of amides is 2. The van der Waals surface area contributed by atoms with Gasteiger partial charge in [-0.1, -0.05) is 48.0 Å². The van der Waals surface area contributed by atoms with Crippen molar-refractivity contribution in [3.63, 3.8) is 0 Å². The molecule has 0 fully saturated rings. The van der Waals surface area contributed by atoms with Crippen molar-refractivity contribution >= 4 is 28.4 Å². The Labute approximate surface area is 146 Å². The highest BCUT2D eigenvalue weighted by atomic mass is 16.2. The normalized spacial score (nSPS) is 11.8. The van der Waals surface area contributed by atoms with Gasteiger partial charge in [-0.15, -0.1) is 0 Å². The molecule has 5 heteroatoms. The van der Waals surface area contributed by atoms with Crippen molar-refractivity contribution in [2.75, 3.05) is 5.32 Å². The number of pyridine rings is 1. The summed E-state index contributed by atoms with van der Waals surface area (Å²) in [6.45, 7) is 3.84. The van der Waals surface area contributed by atoms with E-state index < -0.39 is 11.8 Å². The summed E-state index contributed by atoms with van der Waals surface area (Å²) in [7, 11) is 0. The average molecular weight is 333 g/mol. The molecule has 0 aliphatic carbocycles. The van der Waals surface area contributed by atoms with Gasteiger partial charge in [0.2, 0.25) is 0 Å². The van der Waals surface area contributed by atoms with Crippen molar-refractivity contribution in [1.82, 2.24) is 10.3 Å². The number of hydrogen-bond donors (Lipinski definition) is 2. The second-order valence-electron chi connectivity index (χ2n) is 5.98. The van der Waals surface area contributed by atoms with Crippen molar-refractivity contribution < 1.29 is 9.59 Å². The Morgan fingerprint density at radius 1 is 1.00 bits per heavy atom. The zero-order chi connectivity index (χ0) is 17.8. The van der Waals surface area contributed by atoms with Crippen molar-refractivity contribution in [1.29, 1.82) is 0 Å². The Balaban J connectivity index is 1.65. The van der Waals surface area contributed by atoms with Crippen LogP contribution in [0.2, 0.25) is 0 Å². The maximum Gasteiger partial charge on any atom is 0.313 e. The van der Waals surface area contributed by atoms with Crippen LogP contribution in [0.3, 0.4) is 0 Å². The zero-order valence-corrected chi connectivity index (χ0v) is 14.1. The maximum atomic E-state index is 12.1. The van der Waals surface area contributed by atoms with Gasteiger partial charge >= 0.3 is 11.8 Å². The summed E-state index contributed by atoms with van der Waals surface area (Å²) in [5.41, 5.74) is 3.41. The number of carbonyl (C=O) groups is 2. The number of nitrogens with zero attached hydrogens (tertiary/aromatic N) is 1. The first-order chi connectivity index (χ1) is 12.0. The smallest absolute Gasteiger partial charge is 0.313 e. The minimum absolute atomic E-state index is 0.256. The lowest BCUT2D eigenvalue weighted by Gasteiger charge is -2.14. The molecule has 0 saturated heterocycles. The highest BCUT2D eigenvalue weighted by molar-refractivity contribution is 6.39. The molecule has 2 aromatic carbocycles. The fraction of sp³-hybridized carbons (Fsp3) is 0.150. The third kappa shape index (κ3) is 4.01. The Kier molecular flexibility index (Phi) is 4.75. The number of aromatic nitrogens is 1. The Morgan fingerprint density at radius 3 is 2.48 bits per heavy atom. The molecule has 0 radical (unpaired) electrons. The molecule has 25 heavy (non-hydrogen) atoms. The first-order valence-corrected chi connectivity index (χ1v) is 8.06. The minimum atomic E-state index is -0.712. The van der Waals surface area contributed by atoms with Gasteiger partial charge in [0, 0.05) is 5.39 Å². The third-order valence-corrected chi connectivity index (χ3v) is 3.98. The van der Waals surface area contributed by atoms with Crippen molar-refractivity contribution in [2.45, 2.75) is 19.9 Å². The third-order valence-electron chi connectivity index (χ3n) is 3.98. The van der Waals surface area contributed by atoms with E-state index in [1.807, 2.05) is 62.4 Å². The monoisotopic (exact) mass is 333 g/mol. The van der Waals surface area contributed by atoms with Gasteiger partial charge in [-0.3, -0.25) is 14.6 Å². The Bertz CT molecular complexity index is 920. The number of fused-ring (bicyclic) bond motifs is 1. The van der Waals surface area contributed by atoms with Crippen molar-refractivity contribution in [3.8, 4) is 0 Å². The molecule has 0 aliphatic rings. The Hall–Kier alpha value is -3.21. The van der Waals surface area contributed by atoms with Crippen molar-refractivity contribution in [3.05, 3.63) is 71.9 Å². The number of carbonyl (C=O) groups excluding carboxylic acids is 2. The summed E-state index contributed by atoms with van der Waals surface area (Å²) in [5.74, 6) is -1.39. The molecule has 0 unspecified atom stereocenters. The van der Waals surface area contributed by atoms with Crippen LogP contribution in [0.5, 0.6) is 0 Å². The fourth-order valence-corrected chi connectivity index (χ4v) is 2.53. The predicted octanol–water partition coefficient (Wildman–Crippen LogP) is 3.36. The minimum Gasteiger partial charge on any atom is -0.341 e. The molecule has 1 heterocycles. The highest BCUT2D eigenvalue weighted by Crippen LogP contribution is 2.16. The van der Waals surface area contributed by atoms with Crippen LogP contribution in [0, 0.1) is 6.92 Å². The number of hydrogen-bond acceptors (Lipinski definition) is 3. The topological polar surface area (TPSA) is 71.1 Å². The standard InChI is InChI=1S/C20H19N3O2/c1-13-7-9-15(10-8-13)14(2)22-19(24)20(25)23-17-11-16-5-3-4-6-18(16)21-12-17/h3-12,14H,1-2H3,(H,22,24)(H,23,25)/t14-/m1/s1. The van der Waals surface area contributed by atoms with Crippen LogP contribution >= 0.6 is 0 Å². The fourth-order valence-electron chi connectivity index (χ4n) is 2.53. The molecule has 1 aromatic heterocycles. The lowest BCUT2D eigenvalue weighted by atomic mass is 10.1. The molecule has 0 saturated carbocycles. The molecule has 5 nitrogen and oxygen atoms in total. The largest absolute Gasteiger partial charge is 0.341 e. The van der Waals surface area contributed by atoms with Gasteiger partial charge in [0.25, 0.3) is 0 Å². The molecule has 0 aliphatic heterocycles. The van der Waals surface area contributed by atoms with Gasteiger partial charge < -0.3 is 10.6 Å². The quantitative estimate of drug-likeness (QED) is 0.722. The molecule has 2 N–H and O–H groups in total. The van der Waals surface area contributed by atoms with Crippen LogP contribution in [0.15, 0.2) is 60.8 Å². The van der Waals surface area contributed by atoms with Crippen LogP contribution in [-0.2, 0) is 9.59 Å². The van der Waals surface area contributed by atoms with Crippen LogP contribution < -0.4 is 10.6 Å². The van der Waals surface area contributed by atoms with Gasteiger partial charge in [0.1, 0.15) is 0 Å². The van der Waals surface area contributed by atoms with Crippen LogP contribution in [0.25, 0.3) is 10.9 Å². The lowest BCUT2D eigenvalue weighted by molar-refractivity contribution is -0.136. The van der Waals surface area contributed by atoms with E-state index in [9.17, 15) is 9.59 Å². The van der Waals surface area contributed by atoms with E-state index in [4.69, 9.17) is 0 Å². The van der Waals surface area contributed by atoms with E-state index in [-0.39, 0.29) is 6.04 Å². The van der Waals surface area contributed by atoms with Gasteiger partial charge in [0.05, 0.1) is 23.4 Å². The van der Waals surface area contributed by atoms with Gasteiger partial charge in [-0.05, 0) is 31.5 Å². The van der Waals surface area contributed by atoms with E-state index in [2.05, 4.69) is 15.6 Å². The number of nitrogens with one attached hydrogen (secondary N) is 2. The van der Waals surface area contributed by atoms with E-state index >= 15 is 0 Å². The molecule has 126 valence electrons. The zero-order valence-electron chi connectivity index (χ0n) is 14.1. The molecule has 3 rings (SSSR count). The molecule has 3 aromatic rings. The summed E-state index contributed by atoms with van der Waals surface area (Å²) in [5, 5.41) is 6.18. The average Bonchev–Trinajstić information content (AvgIpc) is 2.62. The maximum absolute atomic E-state index is 12.1. The number of benzene rings is 2. The molecule has 0 bridgehead atoms. The predicted molar refractivity (Wildman–Crippen MR) is 98.1 cm³/mol. The first-order valence-electron chi connectivity index (χ1n) is 8.06. The van der Waals surface area contributed by atoms with Crippen LogP contribution in [0.1, 0.15) is 24.1 Å². The van der Waals surface area contributed by atoms with Crippen LogP contribution in [-0.4, -0.2) is 16.8 Å². The number of anilines is 1. The number of rotatable bonds is 3. The van der Waals surface area contributed by atoms with Crippen LogP contribution in [0.4, 0.5) is 5.69 Å². The SMILES string of the molecule is Cc1ccc([C@@H](C)NC(=O)C(=O)Nc2cnc3ccccc3c2)cc1. The second-order valence-corrected chi connectivity index (χ2v) is 5.98. The lowest BCUT2D eigenvalue weighted by Crippen LogP contribution is -2.36. The highest BCUT2D eigenvalue weighted by Gasteiger charge is 2.17. The second kappa shape index (κ2) is 7.13. The van der Waals surface area contributed by atoms with E-state index in [1.165, 1.54) is 6.20 Å². The summed E-state index contributed by atoms with van der Waals surface area (Å²) < 4.78 is 0. The number of para-hydroxylation sites is 1. The molecule has 1 atom stereocenters. The van der Waals surface area contributed by atoms with Gasteiger partial charge in [0.15, 0.2) is 0 Å². The van der Waals surface area contributed by atoms with Crippen molar-refractivity contribution in [2.24, 2.45) is 0 Å². The first kappa shape index (κ1) is 16.6. The van der Waals surface area contributed by atoms with Gasteiger partial charge in [-0.2, -0.15) is 0 Å². The van der Waals surface area contributed by atoms with E-state index in [0.717, 1.165) is 22.0 Å². The summed E-state index contributed by atoms with van der Waals surface area (Å²) in [6, 6.07) is 16.9. The van der Waals surface area contributed by atoms with E-state index in [0.29, 0.717) is 5.69 Å². The van der Waals surface area contributed by atoms with E-state index in [1.54, 1.807) is 6.07 Å². The molecule has 0 spiro atoms. The molecular formula is C20H19N3O2. The summed E-state index contributed by atoms with van der Waals surface area (Å²) in [4.78, 5) is 28.5. The Morgan fingerprint density at radius 2 is 1.72 bits per heavy atom. The molecule has 2 amide bonds. The summed E-state index contributed by atoms with van der Waals surface area (Å²) >= 11 is 0. The molecular weight excluding hydrogens is 314 g/mol. The van der Waals surface area contributed by atoms with Gasteiger partial charge in [-0.25, -0.2) is 0 Å².